The van der Waals surface area contributed by atoms with Gasteiger partial charge in [0.2, 0.25) is 0 Å². The largest absolute Gasteiger partial charge is 0.370 e. The Bertz CT molecular complexity index is 877. The Morgan fingerprint density at radius 2 is 2.20 bits per heavy atom. The van der Waals surface area contributed by atoms with Crippen LogP contribution in [0.4, 0.5) is 5.82 Å². The highest BCUT2D eigenvalue weighted by molar-refractivity contribution is 6.29. The number of piperidine rings is 1. The molecule has 4 heterocycles. The van der Waals surface area contributed by atoms with Gasteiger partial charge in [-0.25, -0.2) is 9.97 Å². The Morgan fingerprint density at radius 1 is 1.32 bits per heavy atom. The monoisotopic (exact) mass is 356 g/mol. The van der Waals surface area contributed by atoms with E-state index in [4.69, 9.17) is 11.6 Å². The molecule has 1 saturated heterocycles. The van der Waals surface area contributed by atoms with Crippen LogP contribution in [0.5, 0.6) is 0 Å². The standard InChI is InChI=1S/C18H21ClN6/c1-25-6-2-3-12(11-25)9-22-16-8-13(7-15(19)24-16)14-10-23-18-17(14)20-4-5-21-18/h4-5,7-8,10,12H,2-3,6,9,11H2,1H3,(H,21,23)(H,22,24). The van der Waals surface area contributed by atoms with Crippen LogP contribution >= 0.6 is 11.6 Å². The van der Waals surface area contributed by atoms with E-state index in [2.05, 4.69) is 37.2 Å². The second kappa shape index (κ2) is 6.98. The Kier molecular flexibility index (Phi) is 4.55. The van der Waals surface area contributed by atoms with E-state index >= 15 is 0 Å². The van der Waals surface area contributed by atoms with Crippen molar-refractivity contribution in [3.05, 3.63) is 35.9 Å². The minimum Gasteiger partial charge on any atom is -0.370 e. The summed E-state index contributed by atoms with van der Waals surface area (Å²) in [5.41, 5.74) is 3.57. The maximum Gasteiger partial charge on any atom is 0.156 e. The van der Waals surface area contributed by atoms with Gasteiger partial charge in [-0.3, -0.25) is 4.98 Å². The van der Waals surface area contributed by atoms with Crippen LogP contribution in [-0.4, -0.2) is 51.5 Å². The van der Waals surface area contributed by atoms with Crippen LogP contribution in [0.3, 0.4) is 0 Å². The smallest absolute Gasteiger partial charge is 0.156 e. The van der Waals surface area contributed by atoms with Crippen molar-refractivity contribution in [2.75, 3.05) is 32.0 Å². The van der Waals surface area contributed by atoms with Crippen LogP contribution in [0.15, 0.2) is 30.7 Å². The van der Waals surface area contributed by atoms with Crippen LogP contribution in [0, 0.1) is 5.92 Å². The van der Waals surface area contributed by atoms with Crippen molar-refractivity contribution in [1.82, 2.24) is 24.8 Å². The van der Waals surface area contributed by atoms with Gasteiger partial charge in [-0.05, 0) is 50.0 Å². The Hall–Kier alpha value is -2.18. The summed E-state index contributed by atoms with van der Waals surface area (Å²) in [6.07, 6.45) is 7.79. The minimum absolute atomic E-state index is 0.471. The number of halogens is 1. The Labute approximate surface area is 151 Å². The molecular formula is C18H21ClN6. The van der Waals surface area contributed by atoms with Gasteiger partial charge in [-0.2, -0.15) is 0 Å². The first-order chi connectivity index (χ1) is 12.2. The van der Waals surface area contributed by atoms with Gasteiger partial charge in [0.1, 0.15) is 16.5 Å². The summed E-state index contributed by atoms with van der Waals surface area (Å²) in [5, 5.41) is 3.93. The van der Waals surface area contributed by atoms with E-state index in [-0.39, 0.29) is 0 Å². The third-order valence-electron chi connectivity index (χ3n) is 4.71. The molecule has 130 valence electrons. The molecule has 2 N–H and O–H groups in total. The summed E-state index contributed by atoms with van der Waals surface area (Å²) in [5.74, 6) is 1.44. The fraction of sp³-hybridized carbons (Fsp3) is 0.389. The van der Waals surface area contributed by atoms with E-state index in [9.17, 15) is 0 Å². The number of nitrogens with zero attached hydrogens (tertiary/aromatic N) is 4. The van der Waals surface area contributed by atoms with Crippen molar-refractivity contribution in [2.24, 2.45) is 5.92 Å². The number of likely N-dealkylation sites (tertiary alicyclic amines) is 1. The third kappa shape index (κ3) is 3.60. The van der Waals surface area contributed by atoms with Crippen LogP contribution < -0.4 is 5.32 Å². The number of fused-ring (bicyclic) bond motifs is 1. The van der Waals surface area contributed by atoms with E-state index in [0.29, 0.717) is 11.1 Å². The number of rotatable bonds is 4. The number of aromatic amines is 1. The maximum atomic E-state index is 6.26. The first-order valence-electron chi connectivity index (χ1n) is 8.57. The van der Waals surface area contributed by atoms with Gasteiger partial charge in [-0.1, -0.05) is 11.6 Å². The van der Waals surface area contributed by atoms with E-state index in [1.807, 2.05) is 18.3 Å². The number of nitrogens with one attached hydrogen (secondary N) is 2. The second-order valence-corrected chi connectivity index (χ2v) is 7.06. The molecule has 25 heavy (non-hydrogen) atoms. The van der Waals surface area contributed by atoms with Gasteiger partial charge in [0.15, 0.2) is 5.65 Å². The van der Waals surface area contributed by atoms with Crippen LogP contribution in [0.25, 0.3) is 22.3 Å². The van der Waals surface area contributed by atoms with Gasteiger partial charge < -0.3 is 15.2 Å². The summed E-state index contributed by atoms with van der Waals surface area (Å²) in [4.78, 5) is 18.7. The van der Waals surface area contributed by atoms with E-state index < -0.39 is 0 Å². The first-order valence-corrected chi connectivity index (χ1v) is 8.95. The average molecular weight is 357 g/mol. The summed E-state index contributed by atoms with van der Waals surface area (Å²) in [6, 6.07) is 3.88. The lowest BCUT2D eigenvalue weighted by atomic mass is 9.98. The van der Waals surface area contributed by atoms with Crippen LogP contribution in [0.1, 0.15) is 12.8 Å². The molecule has 3 aromatic rings. The molecule has 0 amide bonds. The molecule has 7 heteroatoms. The second-order valence-electron chi connectivity index (χ2n) is 6.67. The Morgan fingerprint density at radius 3 is 3.08 bits per heavy atom. The molecule has 1 atom stereocenters. The molecule has 0 spiro atoms. The fourth-order valence-corrected chi connectivity index (χ4v) is 3.71. The topological polar surface area (TPSA) is 69.7 Å². The molecule has 3 aromatic heterocycles. The van der Waals surface area contributed by atoms with Crippen molar-refractivity contribution in [3.8, 4) is 11.1 Å². The molecule has 0 aromatic carbocycles. The van der Waals surface area contributed by atoms with E-state index in [0.717, 1.165) is 41.2 Å². The van der Waals surface area contributed by atoms with Crippen LogP contribution in [-0.2, 0) is 0 Å². The van der Waals surface area contributed by atoms with Crippen LogP contribution in [0.2, 0.25) is 5.15 Å². The normalized spacial score (nSPS) is 18.6. The van der Waals surface area contributed by atoms with E-state index in [1.165, 1.54) is 19.4 Å². The lowest BCUT2D eigenvalue weighted by Gasteiger charge is -2.29. The molecule has 4 rings (SSSR count). The number of aromatic nitrogens is 4. The van der Waals surface area contributed by atoms with Crippen molar-refractivity contribution < 1.29 is 0 Å². The Balaban J connectivity index is 1.56. The average Bonchev–Trinajstić information content (AvgIpc) is 3.04. The van der Waals surface area contributed by atoms with Gasteiger partial charge in [0, 0.05) is 37.2 Å². The number of hydrogen-bond donors (Lipinski definition) is 2. The van der Waals surface area contributed by atoms with Gasteiger partial charge in [-0.15, -0.1) is 0 Å². The van der Waals surface area contributed by atoms with Crippen molar-refractivity contribution in [2.45, 2.75) is 12.8 Å². The number of anilines is 1. The molecule has 1 aliphatic heterocycles. The molecule has 0 saturated carbocycles. The molecule has 0 bridgehead atoms. The SMILES string of the molecule is CN1CCCC(CNc2cc(-c3c[nH]c4nccnc34)cc(Cl)n2)C1. The highest BCUT2D eigenvalue weighted by Crippen LogP contribution is 2.29. The summed E-state index contributed by atoms with van der Waals surface area (Å²) < 4.78 is 0. The molecule has 1 unspecified atom stereocenters. The third-order valence-corrected chi connectivity index (χ3v) is 4.90. The lowest BCUT2D eigenvalue weighted by Crippen LogP contribution is -2.35. The quantitative estimate of drug-likeness (QED) is 0.701. The molecule has 6 nitrogen and oxygen atoms in total. The summed E-state index contributed by atoms with van der Waals surface area (Å²) >= 11 is 6.26. The summed E-state index contributed by atoms with van der Waals surface area (Å²) in [6.45, 7) is 3.22. The fourth-order valence-electron chi connectivity index (χ4n) is 3.50. The van der Waals surface area contributed by atoms with E-state index in [1.54, 1.807) is 12.4 Å². The molecule has 1 aliphatic rings. The lowest BCUT2D eigenvalue weighted by molar-refractivity contribution is 0.217. The molecule has 0 radical (unpaired) electrons. The highest BCUT2D eigenvalue weighted by atomic mass is 35.5. The van der Waals surface area contributed by atoms with Crippen molar-refractivity contribution in [3.63, 3.8) is 0 Å². The number of H-pyrrole nitrogens is 1. The zero-order valence-electron chi connectivity index (χ0n) is 14.2. The van der Waals surface area contributed by atoms with Crippen molar-refractivity contribution in [1.29, 1.82) is 0 Å². The van der Waals surface area contributed by atoms with Gasteiger partial charge >= 0.3 is 0 Å². The predicted octanol–water partition coefficient (Wildman–Crippen LogP) is 3.43. The minimum atomic E-state index is 0.471. The van der Waals surface area contributed by atoms with Gasteiger partial charge in [0.25, 0.3) is 0 Å². The number of hydrogen-bond acceptors (Lipinski definition) is 5. The zero-order chi connectivity index (χ0) is 17.2. The molecule has 1 fully saturated rings. The highest BCUT2D eigenvalue weighted by Gasteiger charge is 2.17. The zero-order valence-corrected chi connectivity index (χ0v) is 14.9. The first kappa shape index (κ1) is 16.3. The summed E-state index contributed by atoms with van der Waals surface area (Å²) in [7, 11) is 2.18. The van der Waals surface area contributed by atoms with Crippen molar-refractivity contribution >= 4 is 28.6 Å². The predicted molar refractivity (Wildman–Crippen MR) is 101 cm³/mol. The van der Waals surface area contributed by atoms with Gasteiger partial charge in [0.05, 0.1) is 0 Å². The maximum absolute atomic E-state index is 6.26. The molecular weight excluding hydrogens is 336 g/mol. The number of pyridine rings is 1. The molecule has 0 aliphatic carbocycles.